The van der Waals surface area contributed by atoms with Crippen molar-refractivity contribution >= 4 is 0 Å². The number of nitrogens with one attached hydrogen (secondary N) is 1. The maximum atomic E-state index is 6.07. The van der Waals surface area contributed by atoms with Crippen molar-refractivity contribution in [1.29, 1.82) is 0 Å². The van der Waals surface area contributed by atoms with Gasteiger partial charge in [-0.3, -0.25) is 4.68 Å². The molecule has 1 saturated carbocycles. The maximum Gasteiger partial charge on any atom is 0.0697 e. The standard InChI is InChI=1S/C15H25N3O/c1-13-11-17-18(12-13)8-7-16-14-4-9-19-15(10-14)5-2-3-6-15/h11-12,14,16H,2-10H2,1H3. The van der Waals surface area contributed by atoms with Gasteiger partial charge in [0, 0.05) is 25.4 Å². The first-order chi connectivity index (χ1) is 9.26. The lowest BCUT2D eigenvalue weighted by Gasteiger charge is -2.38. The molecule has 0 aromatic carbocycles. The van der Waals surface area contributed by atoms with Crippen LogP contribution in [-0.2, 0) is 11.3 Å². The summed E-state index contributed by atoms with van der Waals surface area (Å²) in [5, 5.41) is 8.01. The first-order valence-corrected chi connectivity index (χ1v) is 7.62. The lowest BCUT2D eigenvalue weighted by Crippen LogP contribution is -2.46. The Balaban J connectivity index is 1.45. The van der Waals surface area contributed by atoms with Gasteiger partial charge in [0.15, 0.2) is 0 Å². The van der Waals surface area contributed by atoms with E-state index >= 15 is 0 Å². The Hall–Kier alpha value is -0.870. The second-order valence-electron chi connectivity index (χ2n) is 6.16. The van der Waals surface area contributed by atoms with Crippen molar-refractivity contribution < 1.29 is 4.74 Å². The number of aromatic nitrogens is 2. The molecule has 2 aliphatic rings. The molecule has 1 aromatic heterocycles. The number of ether oxygens (including phenoxy) is 1. The van der Waals surface area contributed by atoms with Crippen LogP contribution in [0.15, 0.2) is 12.4 Å². The maximum absolute atomic E-state index is 6.07. The number of hydrogen-bond donors (Lipinski definition) is 1. The number of nitrogens with zero attached hydrogens (tertiary/aromatic N) is 2. The van der Waals surface area contributed by atoms with E-state index in [-0.39, 0.29) is 5.60 Å². The lowest BCUT2D eigenvalue weighted by atomic mass is 9.89. The molecule has 4 nitrogen and oxygen atoms in total. The average Bonchev–Trinajstić information content (AvgIpc) is 3.00. The van der Waals surface area contributed by atoms with E-state index in [0.717, 1.165) is 26.1 Å². The summed E-state index contributed by atoms with van der Waals surface area (Å²) in [6, 6.07) is 0.628. The van der Waals surface area contributed by atoms with Gasteiger partial charge >= 0.3 is 0 Å². The van der Waals surface area contributed by atoms with Crippen LogP contribution < -0.4 is 5.32 Å². The summed E-state index contributed by atoms with van der Waals surface area (Å²) in [5.74, 6) is 0. The van der Waals surface area contributed by atoms with Crippen LogP contribution >= 0.6 is 0 Å². The molecule has 2 fully saturated rings. The highest BCUT2D eigenvalue weighted by Crippen LogP contribution is 2.39. The molecular formula is C15H25N3O. The predicted octanol–water partition coefficient (Wildman–Crippen LogP) is 2.27. The Morgan fingerprint density at radius 2 is 2.32 bits per heavy atom. The highest BCUT2D eigenvalue weighted by molar-refractivity contribution is 4.99. The molecule has 1 N–H and O–H groups in total. The van der Waals surface area contributed by atoms with Crippen molar-refractivity contribution in [1.82, 2.24) is 15.1 Å². The van der Waals surface area contributed by atoms with E-state index in [1.54, 1.807) is 0 Å². The van der Waals surface area contributed by atoms with Gasteiger partial charge < -0.3 is 10.1 Å². The summed E-state index contributed by atoms with van der Waals surface area (Å²) in [4.78, 5) is 0. The highest BCUT2D eigenvalue weighted by Gasteiger charge is 2.39. The first kappa shape index (κ1) is 13.1. The molecule has 4 heteroatoms. The van der Waals surface area contributed by atoms with Gasteiger partial charge in [0.25, 0.3) is 0 Å². The zero-order valence-electron chi connectivity index (χ0n) is 11.9. The SMILES string of the molecule is Cc1cnn(CCNC2CCOC3(CCCC3)C2)c1. The summed E-state index contributed by atoms with van der Waals surface area (Å²) in [6.07, 6.45) is 11.6. The fraction of sp³-hybridized carbons (Fsp3) is 0.800. The van der Waals surface area contributed by atoms with Crippen LogP contribution in [0.1, 0.15) is 44.1 Å². The van der Waals surface area contributed by atoms with Crippen molar-refractivity contribution in [2.24, 2.45) is 0 Å². The molecule has 2 heterocycles. The van der Waals surface area contributed by atoms with Gasteiger partial charge in [0.1, 0.15) is 0 Å². The summed E-state index contributed by atoms with van der Waals surface area (Å²) < 4.78 is 8.09. The Morgan fingerprint density at radius 3 is 3.05 bits per heavy atom. The minimum Gasteiger partial charge on any atom is -0.375 e. The quantitative estimate of drug-likeness (QED) is 0.906. The van der Waals surface area contributed by atoms with Crippen LogP contribution in [0.2, 0.25) is 0 Å². The van der Waals surface area contributed by atoms with Gasteiger partial charge in [-0.2, -0.15) is 5.10 Å². The molecule has 0 amide bonds. The van der Waals surface area contributed by atoms with Crippen LogP contribution in [0.4, 0.5) is 0 Å². The van der Waals surface area contributed by atoms with Crippen LogP contribution in [-0.4, -0.2) is 34.6 Å². The second kappa shape index (κ2) is 5.63. The third-order valence-corrected chi connectivity index (χ3v) is 4.54. The van der Waals surface area contributed by atoms with Crippen LogP contribution in [0.25, 0.3) is 0 Å². The van der Waals surface area contributed by atoms with Gasteiger partial charge in [-0.15, -0.1) is 0 Å². The molecule has 1 aromatic rings. The van der Waals surface area contributed by atoms with Crippen LogP contribution in [0, 0.1) is 6.92 Å². The van der Waals surface area contributed by atoms with E-state index in [1.165, 1.54) is 37.7 Å². The van der Waals surface area contributed by atoms with Crippen molar-refractivity contribution in [2.75, 3.05) is 13.2 Å². The van der Waals surface area contributed by atoms with E-state index in [4.69, 9.17) is 4.74 Å². The van der Waals surface area contributed by atoms with E-state index in [2.05, 4.69) is 23.5 Å². The third kappa shape index (κ3) is 3.18. The van der Waals surface area contributed by atoms with Crippen molar-refractivity contribution in [3.63, 3.8) is 0 Å². The van der Waals surface area contributed by atoms with E-state index in [0.29, 0.717) is 6.04 Å². The Bertz CT molecular complexity index is 409. The van der Waals surface area contributed by atoms with Crippen molar-refractivity contribution in [3.8, 4) is 0 Å². The average molecular weight is 263 g/mol. The smallest absolute Gasteiger partial charge is 0.0697 e. The zero-order chi connectivity index (χ0) is 13.1. The van der Waals surface area contributed by atoms with Gasteiger partial charge in [-0.25, -0.2) is 0 Å². The molecule has 1 aliphatic heterocycles. The zero-order valence-corrected chi connectivity index (χ0v) is 11.9. The van der Waals surface area contributed by atoms with E-state index < -0.39 is 0 Å². The minimum absolute atomic E-state index is 0.220. The molecule has 1 spiro atoms. The molecule has 19 heavy (non-hydrogen) atoms. The molecular weight excluding hydrogens is 238 g/mol. The normalized spacial score (nSPS) is 26.1. The van der Waals surface area contributed by atoms with Crippen molar-refractivity contribution in [2.45, 2.75) is 63.6 Å². The Kier molecular flexibility index (Phi) is 3.89. The molecule has 106 valence electrons. The van der Waals surface area contributed by atoms with Crippen molar-refractivity contribution in [3.05, 3.63) is 18.0 Å². The topological polar surface area (TPSA) is 39.1 Å². The Labute approximate surface area is 115 Å². The highest BCUT2D eigenvalue weighted by atomic mass is 16.5. The van der Waals surface area contributed by atoms with Gasteiger partial charge in [0.2, 0.25) is 0 Å². The largest absolute Gasteiger partial charge is 0.375 e. The molecule has 0 radical (unpaired) electrons. The Morgan fingerprint density at radius 1 is 1.47 bits per heavy atom. The fourth-order valence-electron chi connectivity index (χ4n) is 3.54. The fourth-order valence-corrected chi connectivity index (χ4v) is 3.54. The molecule has 1 unspecified atom stereocenters. The molecule has 1 aliphatic carbocycles. The first-order valence-electron chi connectivity index (χ1n) is 7.62. The molecule has 3 rings (SSSR count). The summed E-state index contributed by atoms with van der Waals surface area (Å²) in [7, 11) is 0. The molecule has 1 atom stereocenters. The van der Waals surface area contributed by atoms with E-state index in [1.807, 2.05) is 10.9 Å². The van der Waals surface area contributed by atoms with E-state index in [9.17, 15) is 0 Å². The molecule has 1 saturated heterocycles. The monoisotopic (exact) mass is 263 g/mol. The van der Waals surface area contributed by atoms with Gasteiger partial charge in [-0.1, -0.05) is 12.8 Å². The predicted molar refractivity (Wildman–Crippen MR) is 75.1 cm³/mol. The number of aryl methyl sites for hydroxylation is 1. The summed E-state index contributed by atoms with van der Waals surface area (Å²) >= 11 is 0. The van der Waals surface area contributed by atoms with Crippen LogP contribution in [0.3, 0.4) is 0 Å². The molecule has 0 bridgehead atoms. The van der Waals surface area contributed by atoms with Gasteiger partial charge in [-0.05, 0) is 38.2 Å². The summed E-state index contributed by atoms with van der Waals surface area (Å²) in [6.45, 7) is 4.97. The number of hydrogen-bond acceptors (Lipinski definition) is 3. The van der Waals surface area contributed by atoms with Gasteiger partial charge in [0.05, 0.1) is 18.3 Å². The third-order valence-electron chi connectivity index (χ3n) is 4.54. The lowest BCUT2D eigenvalue weighted by molar-refractivity contribution is -0.0835. The summed E-state index contributed by atoms with van der Waals surface area (Å²) in [5.41, 5.74) is 1.45. The second-order valence-corrected chi connectivity index (χ2v) is 6.16. The minimum atomic E-state index is 0.220. The van der Waals surface area contributed by atoms with Crippen LogP contribution in [0.5, 0.6) is 0 Å². The number of rotatable bonds is 4.